The molecular weight excluding hydrogens is 278 g/mol. The fraction of sp³-hybridized carbons (Fsp3) is 0.385. The second-order valence-electron chi connectivity index (χ2n) is 4.64. The molecule has 0 saturated heterocycles. The third kappa shape index (κ3) is 4.33. The maximum atomic E-state index is 12.1. The standard InChI is InChI=1S/C13H17N3O3S/c1-9(2)16-13(17)8-15-20(18,19)12-6-11(7-14)5-4-10(12)3/h4-6,9,15H,8H2,1-3H3,(H,16,17). The second kappa shape index (κ2) is 6.50. The number of nitriles is 1. The molecule has 1 aromatic carbocycles. The zero-order valence-corrected chi connectivity index (χ0v) is 12.4. The van der Waals surface area contributed by atoms with Crippen molar-refractivity contribution in [3.05, 3.63) is 29.3 Å². The van der Waals surface area contributed by atoms with Crippen LogP contribution in [0.4, 0.5) is 0 Å². The van der Waals surface area contributed by atoms with Crippen LogP contribution < -0.4 is 10.0 Å². The molecule has 0 aliphatic carbocycles. The molecule has 0 spiro atoms. The van der Waals surface area contributed by atoms with Crippen molar-refractivity contribution in [2.24, 2.45) is 0 Å². The second-order valence-corrected chi connectivity index (χ2v) is 6.37. The molecule has 0 saturated carbocycles. The van der Waals surface area contributed by atoms with E-state index in [1.165, 1.54) is 6.07 Å². The van der Waals surface area contributed by atoms with Crippen LogP contribution >= 0.6 is 0 Å². The molecule has 1 rings (SSSR count). The van der Waals surface area contributed by atoms with Crippen LogP contribution in [0.5, 0.6) is 0 Å². The average molecular weight is 295 g/mol. The first-order chi connectivity index (χ1) is 9.26. The van der Waals surface area contributed by atoms with Crippen molar-refractivity contribution in [3.8, 4) is 6.07 Å². The number of nitrogens with one attached hydrogen (secondary N) is 2. The Balaban J connectivity index is 2.90. The highest BCUT2D eigenvalue weighted by molar-refractivity contribution is 7.89. The lowest BCUT2D eigenvalue weighted by Gasteiger charge is -2.11. The molecule has 0 heterocycles. The first kappa shape index (κ1) is 16.1. The Labute approximate surface area is 118 Å². The van der Waals surface area contributed by atoms with Crippen molar-refractivity contribution in [1.29, 1.82) is 5.26 Å². The molecule has 1 aromatic rings. The zero-order chi connectivity index (χ0) is 15.3. The largest absolute Gasteiger partial charge is 0.353 e. The molecule has 0 atom stereocenters. The number of nitrogens with zero attached hydrogens (tertiary/aromatic N) is 1. The van der Waals surface area contributed by atoms with Gasteiger partial charge in [-0.25, -0.2) is 13.1 Å². The van der Waals surface area contributed by atoms with Gasteiger partial charge in [-0.2, -0.15) is 5.26 Å². The number of sulfonamides is 1. The van der Waals surface area contributed by atoms with Crippen LogP contribution in [0.15, 0.2) is 23.1 Å². The molecule has 1 amide bonds. The molecule has 0 bridgehead atoms. The highest BCUT2D eigenvalue weighted by Gasteiger charge is 2.18. The Hall–Kier alpha value is -1.91. The van der Waals surface area contributed by atoms with E-state index >= 15 is 0 Å². The third-order valence-corrected chi connectivity index (χ3v) is 4.02. The normalized spacial score (nSPS) is 11.2. The van der Waals surface area contributed by atoms with Gasteiger partial charge < -0.3 is 5.32 Å². The van der Waals surface area contributed by atoms with E-state index in [9.17, 15) is 13.2 Å². The van der Waals surface area contributed by atoms with E-state index in [1.54, 1.807) is 32.9 Å². The predicted molar refractivity (Wildman–Crippen MR) is 74.4 cm³/mol. The molecule has 0 aromatic heterocycles. The number of carbonyl (C=O) groups is 1. The van der Waals surface area contributed by atoms with Crippen LogP contribution in [0.25, 0.3) is 0 Å². The lowest BCUT2D eigenvalue weighted by molar-refractivity contribution is -0.120. The summed E-state index contributed by atoms with van der Waals surface area (Å²) in [5.74, 6) is -0.405. The van der Waals surface area contributed by atoms with Gasteiger partial charge in [0.1, 0.15) is 0 Å². The van der Waals surface area contributed by atoms with E-state index in [2.05, 4.69) is 10.0 Å². The minimum absolute atomic E-state index is 0.00824. The lowest BCUT2D eigenvalue weighted by atomic mass is 10.2. The van der Waals surface area contributed by atoms with E-state index in [1.807, 2.05) is 6.07 Å². The number of amides is 1. The smallest absolute Gasteiger partial charge is 0.241 e. The van der Waals surface area contributed by atoms with Crippen LogP contribution in [0.1, 0.15) is 25.0 Å². The number of hydrogen-bond donors (Lipinski definition) is 2. The number of hydrogen-bond acceptors (Lipinski definition) is 4. The Morgan fingerprint density at radius 1 is 1.40 bits per heavy atom. The first-order valence-corrected chi connectivity index (χ1v) is 7.54. The van der Waals surface area contributed by atoms with Crippen molar-refractivity contribution in [2.75, 3.05) is 6.54 Å². The SMILES string of the molecule is Cc1ccc(C#N)cc1S(=O)(=O)NCC(=O)NC(C)C. The van der Waals surface area contributed by atoms with Gasteiger partial charge in [-0.05, 0) is 38.5 Å². The Morgan fingerprint density at radius 2 is 2.05 bits per heavy atom. The number of rotatable bonds is 5. The van der Waals surface area contributed by atoms with E-state index in [0.29, 0.717) is 5.56 Å². The average Bonchev–Trinajstić information content (AvgIpc) is 2.36. The summed E-state index contributed by atoms with van der Waals surface area (Å²) in [5, 5.41) is 11.4. The fourth-order valence-corrected chi connectivity index (χ4v) is 2.82. The summed E-state index contributed by atoms with van der Waals surface area (Å²) in [6.07, 6.45) is 0. The minimum atomic E-state index is -3.82. The molecule has 20 heavy (non-hydrogen) atoms. The monoisotopic (exact) mass is 295 g/mol. The van der Waals surface area contributed by atoms with Crippen molar-refractivity contribution in [2.45, 2.75) is 31.7 Å². The molecule has 0 aliphatic rings. The van der Waals surface area contributed by atoms with Gasteiger partial charge in [-0.1, -0.05) is 6.07 Å². The Bertz CT molecular complexity index is 645. The van der Waals surface area contributed by atoms with Crippen LogP contribution in [0, 0.1) is 18.3 Å². The van der Waals surface area contributed by atoms with Crippen LogP contribution in [-0.4, -0.2) is 26.9 Å². The topological polar surface area (TPSA) is 99.1 Å². The maximum Gasteiger partial charge on any atom is 0.241 e. The summed E-state index contributed by atoms with van der Waals surface area (Å²) in [6, 6.07) is 6.21. The highest BCUT2D eigenvalue weighted by Crippen LogP contribution is 2.16. The van der Waals surface area contributed by atoms with Gasteiger partial charge in [0.15, 0.2) is 0 Å². The van der Waals surface area contributed by atoms with E-state index in [4.69, 9.17) is 5.26 Å². The third-order valence-electron chi connectivity index (χ3n) is 2.48. The van der Waals surface area contributed by atoms with Crippen molar-refractivity contribution < 1.29 is 13.2 Å². The molecule has 108 valence electrons. The van der Waals surface area contributed by atoms with Crippen molar-refractivity contribution in [3.63, 3.8) is 0 Å². The number of carbonyl (C=O) groups excluding carboxylic acids is 1. The summed E-state index contributed by atoms with van der Waals surface area (Å²) in [6.45, 7) is 4.86. The quantitative estimate of drug-likeness (QED) is 0.834. The van der Waals surface area contributed by atoms with Gasteiger partial charge in [0.05, 0.1) is 23.1 Å². The molecular formula is C13H17N3O3S. The van der Waals surface area contributed by atoms with E-state index in [-0.39, 0.29) is 23.0 Å². The first-order valence-electron chi connectivity index (χ1n) is 6.06. The number of benzene rings is 1. The van der Waals surface area contributed by atoms with E-state index < -0.39 is 15.9 Å². The summed E-state index contributed by atoms with van der Waals surface area (Å²) >= 11 is 0. The molecule has 0 radical (unpaired) electrons. The Morgan fingerprint density at radius 3 is 2.60 bits per heavy atom. The van der Waals surface area contributed by atoms with Gasteiger partial charge >= 0.3 is 0 Å². The predicted octanol–water partition coefficient (Wildman–Crippen LogP) is 0.670. The van der Waals surface area contributed by atoms with Gasteiger partial charge in [0.25, 0.3) is 0 Å². The van der Waals surface area contributed by atoms with Gasteiger partial charge in [0, 0.05) is 6.04 Å². The fourth-order valence-electron chi connectivity index (χ4n) is 1.57. The summed E-state index contributed by atoms with van der Waals surface area (Å²) in [5.41, 5.74) is 0.767. The molecule has 6 nitrogen and oxygen atoms in total. The molecule has 7 heteroatoms. The molecule has 0 aliphatic heterocycles. The van der Waals surface area contributed by atoms with Crippen molar-refractivity contribution in [1.82, 2.24) is 10.0 Å². The van der Waals surface area contributed by atoms with Crippen molar-refractivity contribution >= 4 is 15.9 Å². The van der Waals surface area contributed by atoms with E-state index in [0.717, 1.165) is 0 Å². The number of aryl methyl sites for hydroxylation is 1. The Kier molecular flexibility index (Phi) is 5.25. The summed E-state index contributed by atoms with van der Waals surface area (Å²) in [4.78, 5) is 11.5. The van der Waals surface area contributed by atoms with Crippen LogP contribution in [0.3, 0.4) is 0 Å². The molecule has 0 unspecified atom stereocenters. The molecule has 2 N–H and O–H groups in total. The summed E-state index contributed by atoms with van der Waals surface area (Å²) < 4.78 is 26.4. The maximum absolute atomic E-state index is 12.1. The van der Waals surface area contributed by atoms with Gasteiger partial charge in [0.2, 0.25) is 15.9 Å². The molecule has 0 fully saturated rings. The summed E-state index contributed by atoms with van der Waals surface area (Å²) in [7, 11) is -3.82. The van der Waals surface area contributed by atoms with Crippen LogP contribution in [0.2, 0.25) is 0 Å². The van der Waals surface area contributed by atoms with Crippen LogP contribution in [-0.2, 0) is 14.8 Å². The lowest BCUT2D eigenvalue weighted by Crippen LogP contribution is -2.39. The van der Waals surface area contributed by atoms with Gasteiger partial charge in [-0.3, -0.25) is 4.79 Å². The van der Waals surface area contributed by atoms with Gasteiger partial charge in [-0.15, -0.1) is 0 Å². The highest BCUT2D eigenvalue weighted by atomic mass is 32.2. The minimum Gasteiger partial charge on any atom is -0.353 e. The zero-order valence-electron chi connectivity index (χ0n) is 11.6.